The lowest BCUT2D eigenvalue weighted by molar-refractivity contribution is 0.0904. The van der Waals surface area contributed by atoms with Crippen LogP contribution in [0.1, 0.15) is 21.9 Å². The molecular weight excluding hydrogens is 370 g/mol. The van der Waals surface area contributed by atoms with Crippen LogP contribution in [0.25, 0.3) is 0 Å². The van der Waals surface area contributed by atoms with E-state index in [2.05, 4.69) is 28.0 Å². The average Bonchev–Trinajstić information content (AvgIpc) is 3.24. The Morgan fingerprint density at radius 3 is 2.38 bits per heavy atom. The van der Waals surface area contributed by atoms with Crippen LogP contribution >= 0.6 is 0 Å². The number of furan rings is 1. The topological polar surface area (TPSA) is 92.6 Å². The average molecular weight is 389 g/mol. The molecular formula is C22H19N3O4. The fourth-order valence-corrected chi connectivity index (χ4v) is 2.26. The summed E-state index contributed by atoms with van der Waals surface area (Å²) in [5.74, 6) is 6.38. The van der Waals surface area contributed by atoms with E-state index in [0.29, 0.717) is 11.5 Å². The van der Waals surface area contributed by atoms with Gasteiger partial charge >= 0.3 is 11.9 Å². The Kier molecular flexibility index (Phi) is 6.91. The Hall–Kier alpha value is -4.18. The van der Waals surface area contributed by atoms with Crippen LogP contribution in [-0.2, 0) is 6.61 Å². The minimum atomic E-state index is -0.583. The third kappa shape index (κ3) is 6.48. The molecule has 0 spiro atoms. The Morgan fingerprint density at radius 2 is 1.62 bits per heavy atom. The van der Waals surface area contributed by atoms with Crippen LogP contribution in [0.3, 0.4) is 0 Å². The molecule has 1 heterocycles. The van der Waals surface area contributed by atoms with Crippen molar-refractivity contribution in [3.8, 4) is 17.6 Å². The second-order valence-electron chi connectivity index (χ2n) is 5.80. The van der Waals surface area contributed by atoms with Crippen LogP contribution in [0.15, 0.2) is 77.2 Å². The molecule has 0 fully saturated rings. The van der Waals surface area contributed by atoms with E-state index in [4.69, 9.17) is 9.15 Å². The molecule has 146 valence electrons. The van der Waals surface area contributed by atoms with Crippen molar-refractivity contribution in [2.45, 2.75) is 6.61 Å². The molecule has 0 aliphatic heterocycles. The summed E-state index contributed by atoms with van der Waals surface area (Å²) in [5.41, 5.74) is 5.35. The fourth-order valence-electron chi connectivity index (χ4n) is 2.26. The smallest absolute Gasteiger partial charge is 0.334 e. The highest BCUT2D eigenvalue weighted by molar-refractivity contribution is 5.92. The molecule has 3 rings (SSSR count). The monoisotopic (exact) mass is 389 g/mol. The molecule has 7 heteroatoms. The van der Waals surface area contributed by atoms with Crippen LogP contribution in [0.4, 0.5) is 4.79 Å². The van der Waals surface area contributed by atoms with Gasteiger partial charge in [-0.15, -0.1) is 0 Å². The zero-order valence-electron chi connectivity index (χ0n) is 15.5. The first-order valence-electron chi connectivity index (χ1n) is 8.85. The quantitative estimate of drug-likeness (QED) is 0.462. The zero-order valence-corrected chi connectivity index (χ0v) is 15.5. The number of rotatable bonds is 5. The van der Waals surface area contributed by atoms with Crippen LogP contribution < -0.4 is 20.9 Å². The molecule has 0 unspecified atom stereocenters. The van der Waals surface area contributed by atoms with Crippen molar-refractivity contribution < 1.29 is 18.7 Å². The van der Waals surface area contributed by atoms with Gasteiger partial charge in [0.15, 0.2) is 5.76 Å². The summed E-state index contributed by atoms with van der Waals surface area (Å²) in [7, 11) is 0. The number of urea groups is 1. The summed E-state index contributed by atoms with van der Waals surface area (Å²) in [4.78, 5) is 23.7. The van der Waals surface area contributed by atoms with Gasteiger partial charge in [0.25, 0.3) is 0 Å². The molecule has 2 aromatic carbocycles. The Balaban J connectivity index is 1.38. The largest absolute Gasteiger partial charge is 0.486 e. The minimum Gasteiger partial charge on any atom is -0.486 e. The van der Waals surface area contributed by atoms with E-state index in [1.165, 1.54) is 6.07 Å². The highest BCUT2D eigenvalue weighted by Crippen LogP contribution is 2.13. The maximum Gasteiger partial charge on any atom is 0.334 e. The SMILES string of the molecule is O=C(NCC#Cc1ccccc1)NNC(=O)c1ccc(COc2ccccc2)o1. The number of hydrazine groups is 1. The van der Waals surface area contributed by atoms with E-state index in [-0.39, 0.29) is 18.9 Å². The number of benzene rings is 2. The highest BCUT2D eigenvalue weighted by atomic mass is 16.5. The number of para-hydroxylation sites is 1. The first-order valence-corrected chi connectivity index (χ1v) is 8.85. The van der Waals surface area contributed by atoms with E-state index in [1.54, 1.807) is 6.07 Å². The van der Waals surface area contributed by atoms with Crippen molar-refractivity contribution in [2.75, 3.05) is 6.54 Å². The third-order valence-corrected chi connectivity index (χ3v) is 3.64. The first-order chi connectivity index (χ1) is 14.2. The van der Waals surface area contributed by atoms with Crippen LogP contribution in [0, 0.1) is 11.8 Å². The number of amides is 3. The molecule has 0 saturated heterocycles. The molecule has 29 heavy (non-hydrogen) atoms. The molecule has 0 saturated carbocycles. The lowest BCUT2D eigenvalue weighted by Crippen LogP contribution is -2.46. The van der Waals surface area contributed by atoms with Gasteiger partial charge in [-0.3, -0.25) is 10.2 Å². The van der Waals surface area contributed by atoms with Gasteiger partial charge in [0.1, 0.15) is 18.1 Å². The number of carbonyl (C=O) groups is 2. The molecule has 0 atom stereocenters. The molecule has 0 aliphatic carbocycles. The second-order valence-corrected chi connectivity index (χ2v) is 5.80. The van der Waals surface area contributed by atoms with Crippen molar-refractivity contribution in [3.05, 3.63) is 89.9 Å². The number of carbonyl (C=O) groups excluding carboxylic acids is 2. The van der Waals surface area contributed by atoms with E-state index in [1.807, 2.05) is 60.7 Å². The van der Waals surface area contributed by atoms with E-state index < -0.39 is 11.9 Å². The fraction of sp³-hybridized carbons (Fsp3) is 0.0909. The lowest BCUT2D eigenvalue weighted by Gasteiger charge is -2.06. The summed E-state index contributed by atoms with van der Waals surface area (Å²) >= 11 is 0. The Bertz CT molecular complexity index is 1000. The molecule has 3 amide bonds. The maximum atomic E-state index is 12.0. The molecule has 0 aliphatic rings. The van der Waals surface area contributed by atoms with Gasteiger partial charge in [-0.25, -0.2) is 10.2 Å². The van der Waals surface area contributed by atoms with Gasteiger partial charge in [-0.2, -0.15) is 0 Å². The number of hydrogen-bond donors (Lipinski definition) is 3. The second kappa shape index (κ2) is 10.2. The number of ether oxygens (including phenoxy) is 1. The van der Waals surface area contributed by atoms with Crippen molar-refractivity contribution in [1.29, 1.82) is 0 Å². The first kappa shape index (κ1) is 19.6. The van der Waals surface area contributed by atoms with E-state index in [0.717, 1.165) is 5.56 Å². The predicted molar refractivity (Wildman–Crippen MR) is 107 cm³/mol. The molecule has 0 bridgehead atoms. The molecule has 7 nitrogen and oxygen atoms in total. The lowest BCUT2D eigenvalue weighted by atomic mass is 10.2. The van der Waals surface area contributed by atoms with Crippen molar-refractivity contribution in [3.63, 3.8) is 0 Å². The van der Waals surface area contributed by atoms with Gasteiger partial charge in [0.2, 0.25) is 0 Å². The Labute approximate surface area is 168 Å². The molecule has 3 aromatic rings. The van der Waals surface area contributed by atoms with Crippen LogP contribution in [0.2, 0.25) is 0 Å². The van der Waals surface area contributed by atoms with E-state index in [9.17, 15) is 9.59 Å². The molecule has 1 aromatic heterocycles. The van der Waals surface area contributed by atoms with Gasteiger partial charge in [-0.05, 0) is 36.4 Å². The van der Waals surface area contributed by atoms with Crippen molar-refractivity contribution in [2.24, 2.45) is 0 Å². The van der Waals surface area contributed by atoms with Gasteiger partial charge in [-0.1, -0.05) is 48.2 Å². The summed E-state index contributed by atoms with van der Waals surface area (Å²) < 4.78 is 11.0. The molecule has 3 N–H and O–H groups in total. The Morgan fingerprint density at radius 1 is 0.897 bits per heavy atom. The summed E-state index contributed by atoms with van der Waals surface area (Å²) in [6.07, 6.45) is 0. The van der Waals surface area contributed by atoms with Gasteiger partial charge in [0, 0.05) is 5.56 Å². The zero-order chi connectivity index (χ0) is 20.3. The summed E-state index contributed by atoms with van der Waals surface area (Å²) in [6.45, 7) is 0.323. The van der Waals surface area contributed by atoms with Crippen LogP contribution in [0.5, 0.6) is 5.75 Å². The molecule has 0 radical (unpaired) electrons. The highest BCUT2D eigenvalue weighted by Gasteiger charge is 2.12. The van der Waals surface area contributed by atoms with Crippen molar-refractivity contribution >= 4 is 11.9 Å². The number of hydrogen-bond acceptors (Lipinski definition) is 4. The summed E-state index contributed by atoms with van der Waals surface area (Å²) in [5, 5.41) is 2.51. The summed E-state index contributed by atoms with van der Waals surface area (Å²) in [6, 6.07) is 21.2. The number of nitrogens with one attached hydrogen (secondary N) is 3. The maximum absolute atomic E-state index is 12.0. The van der Waals surface area contributed by atoms with Crippen LogP contribution in [-0.4, -0.2) is 18.5 Å². The van der Waals surface area contributed by atoms with Gasteiger partial charge in [0.05, 0.1) is 6.54 Å². The van der Waals surface area contributed by atoms with Crippen molar-refractivity contribution in [1.82, 2.24) is 16.2 Å². The third-order valence-electron chi connectivity index (χ3n) is 3.64. The predicted octanol–water partition coefficient (Wildman–Crippen LogP) is 2.85. The van der Waals surface area contributed by atoms with Gasteiger partial charge < -0.3 is 14.5 Å². The minimum absolute atomic E-state index is 0.0563. The normalized spacial score (nSPS) is 9.66. The standard InChI is InChI=1S/C22H19N3O4/c26-21(20-14-13-19(29-20)16-28-18-11-5-2-6-12-18)24-25-22(27)23-15-7-10-17-8-3-1-4-9-17/h1-6,8-9,11-14H,15-16H2,(H,24,26)(H2,23,25,27). The van der Waals surface area contributed by atoms with E-state index >= 15 is 0 Å².